The number of unbranched alkanes of at least 4 members (excludes halogenated alkanes) is 3. The molecule has 6 heteroatoms. The monoisotopic (exact) mass is 507 g/mol. The highest BCUT2D eigenvalue weighted by atomic mass is 127. The highest BCUT2D eigenvalue weighted by Crippen LogP contribution is 2.12. The van der Waals surface area contributed by atoms with Crippen molar-refractivity contribution in [3.8, 4) is 0 Å². The van der Waals surface area contributed by atoms with Gasteiger partial charge >= 0.3 is 0 Å². The van der Waals surface area contributed by atoms with Gasteiger partial charge in [0, 0.05) is 32.2 Å². The zero-order valence-corrected chi connectivity index (χ0v) is 20.9. The van der Waals surface area contributed by atoms with E-state index in [0.717, 1.165) is 19.0 Å². The third kappa shape index (κ3) is 11.2. The van der Waals surface area contributed by atoms with E-state index in [0.29, 0.717) is 6.04 Å². The summed E-state index contributed by atoms with van der Waals surface area (Å²) in [5.41, 5.74) is 0. The van der Waals surface area contributed by atoms with Crippen LogP contribution in [0.3, 0.4) is 0 Å². The van der Waals surface area contributed by atoms with Crippen LogP contribution in [0.4, 0.5) is 0 Å². The molecule has 0 saturated carbocycles. The van der Waals surface area contributed by atoms with Crippen LogP contribution in [-0.2, 0) is 0 Å². The minimum absolute atomic E-state index is 0. The molecule has 2 saturated heterocycles. The molecule has 0 aliphatic carbocycles. The van der Waals surface area contributed by atoms with E-state index in [2.05, 4.69) is 34.3 Å². The topological polar surface area (TPSA) is 42.9 Å². The molecule has 0 amide bonds. The maximum atomic E-state index is 4.83. The average molecular weight is 508 g/mol. The van der Waals surface area contributed by atoms with Crippen LogP contribution >= 0.6 is 24.0 Å². The van der Waals surface area contributed by atoms with Crippen LogP contribution in [0, 0.1) is 0 Å². The zero-order chi connectivity index (χ0) is 19.2. The van der Waals surface area contributed by atoms with Crippen LogP contribution in [-0.4, -0.2) is 74.2 Å². The second-order valence-electron chi connectivity index (χ2n) is 8.34. The van der Waals surface area contributed by atoms with Gasteiger partial charge in [0.25, 0.3) is 0 Å². The lowest BCUT2D eigenvalue weighted by Gasteiger charge is -2.33. The van der Waals surface area contributed by atoms with Crippen molar-refractivity contribution >= 4 is 29.9 Å². The molecule has 0 bridgehead atoms. The Morgan fingerprint density at radius 2 is 1.54 bits per heavy atom. The van der Waals surface area contributed by atoms with Gasteiger partial charge in [-0.05, 0) is 78.0 Å². The summed E-state index contributed by atoms with van der Waals surface area (Å²) < 4.78 is 0. The minimum Gasteiger partial charge on any atom is -0.357 e. The van der Waals surface area contributed by atoms with Crippen molar-refractivity contribution in [1.82, 2.24) is 20.4 Å². The maximum absolute atomic E-state index is 4.83. The summed E-state index contributed by atoms with van der Waals surface area (Å²) in [5, 5.41) is 7.12. The lowest BCUT2D eigenvalue weighted by atomic mass is 10.0. The Balaban J connectivity index is 0.00000392. The molecule has 0 unspecified atom stereocenters. The number of guanidine groups is 1. The molecular weight excluding hydrogens is 461 g/mol. The molecule has 0 aromatic carbocycles. The lowest BCUT2D eigenvalue weighted by Crippen LogP contribution is -2.48. The average Bonchev–Trinajstić information content (AvgIpc) is 2.71. The zero-order valence-electron chi connectivity index (χ0n) is 18.6. The van der Waals surface area contributed by atoms with Crippen molar-refractivity contribution < 1.29 is 0 Å². The molecule has 2 aliphatic heterocycles. The molecule has 0 atom stereocenters. The van der Waals surface area contributed by atoms with Gasteiger partial charge in [0.1, 0.15) is 0 Å². The fourth-order valence-corrected chi connectivity index (χ4v) is 4.19. The first-order chi connectivity index (χ1) is 13.3. The van der Waals surface area contributed by atoms with Crippen molar-refractivity contribution in [1.29, 1.82) is 0 Å². The Labute approximate surface area is 191 Å². The van der Waals surface area contributed by atoms with Crippen LogP contribution in [0.2, 0.25) is 0 Å². The van der Waals surface area contributed by atoms with Crippen molar-refractivity contribution in [3.63, 3.8) is 0 Å². The summed E-state index contributed by atoms with van der Waals surface area (Å²) in [6.45, 7) is 14.0. The van der Waals surface area contributed by atoms with Crippen molar-refractivity contribution in [2.45, 2.75) is 84.1 Å². The third-order valence-electron chi connectivity index (χ3n) is 5.95. The quantitative estimate of drug-likeness (QED) is 0.192. The predicted octanol–water partition coefficient (Wildman–Crippen LogP) is 4.08. The van der Waals surface area contributed by atoms with Gasteiger partial charge in [-0.1, -0.05) is 26.2 Å². The van der Waals surface area contributed by atoms with E-state index in [9.17, 15) is 0 Å². The van der Waals surface area contributed by atoms with E-state index in [1.807, 2.05) is 0 Å². The maximum Gasteiger partial charge on any atom is 0.191 e. The number of aliphatic imine (C=N–C) groups is 1. The van der Waals surface area contributed by atoms with Gasteiger partial charge < -0.3 is 20.4 Å². The first kappa shape index (κ1) is 26.0. The lowest BCUT2D eigenvalue weighted by molar-refractivity contribution is 0.203. The third-order valence-corrected chi connectivity index (χ3v) is 5.95. The van der Waals surface area contributed by atoms with Crippen LogP contribution in [0.15, 0.2) is 4.99 Å². The van der Waals surface area contributed by atoms with Gasteiger partial charge in [0.2, 0.25) is 0 Å². The normalized spacial score (nSPS) is 20.0. The fourth-order valence-electron chi connectivity index (χ4n) is 4.19. The van der Waals surface area contributed by atoms with E-state index in [-0.39, 0.29) is 24.0 Å². The van der Waals surface area contributed by atoms with Crippen molar-refractivity contribution in [2.75, 3.05) is 52.4 Å². The van der Waals surface area contributed by atoms with E-state index < -0.39 is 0 Å². The number of hydrogen-bond acceptors (Lipinski definition) is 3. The molecule has 0 aromatic heterocycles. The molecule has 0 spiro atoms. The molecule has 2 aliphatic rings. The molecular formula is C22H46IN5. The Morgan fingerprint density at radius 3 is 2.21 bits per heavy atom. The molecule has 28 heavy (non-hydrogen) atoms. The summed E-state index contributed by atoms with van der Waals surface area (Å²) in [7, 11) is 0. The van der Waals surface area contributed by atoms with Gasteiger partial charge in [-0.2, -0.15) is 0 Å². The van der Waals surface area contributed by atoms with Crippen LogP contribution in [0.5, 0.6) is 0 Å². The Bertz CT molecular complexity index is 390. The van der Waals surface area contributed by atoms with Gasteiger partial charge in [-0.3, -0.25) is 4.99 Å². The van der Waals surface area contributed by atoms with Crippen LogP contribution < -0.4 is 10.6 Å². The Morgan fingerprint density at radius 1 is 0.857 bits per heavy atom. The number of halogens is 1. The highest BCUT2D eigenvalue weighted by Gasteiger charge is 2.19. The van der Waals surface area contributed by atoms with Gasteiger partial charge in [-0.25, -0.2) is 0 Å². The van der Waals surface area contributed by atoms with E-state index >= 15 is 0 Å². The van der Waals surface area contributed by atoms with Crippen molar-refractivity contribution in [2.24, 2.45) is 4.99 Å². The van der Waals surface area contributed by atoms with Crippen LogP contribution in [0.25, 0.3) is 0 Å². The summed E-state index contributed by atoms with van der Waals surface area (Å²) >= 11 is 0. The van der Waals surface area contributed by atoms with E-state index in [1.165, 1.54) is 103 Å². The molecule has 2 rings (SSSR count). The molecule has 2 fully saturated rings. The van der Waals surface area contributed by atoms with Gasteiger partial charge in [0.15, 0.2) is 5.96 Å². The summed E-state index contributed by atoms with van der Waals surface area (Å²) in [5.74, 6) is 1.03. The number of nitrogens with zero attached hydrogens (tertiary/aromatic N) is 3. The molecule has 0 aromatic rings. The minimum atomic E-state index is 0. The molecule has 0 radical (unpaired) electrons. The van der Waals surface area contributed by atoms with Gasteiger partial charge in [-0.15, -0.1) is 24.0 Å². The molecule has 2 N–H and O–H groups in total. The largest absolute Gasteiger partial charge is 0.357 e. The number of piperidine rings is 2. The fraction of sp³-hybridized carbons (Fsp3) is 0.955. The SMILES string of the molecule is CCCCN1CCC(NC(=NCCCCCN2CCCCC2)NCC)CC1.I. The van der Waals surface area contributed by atoms with Gasteiger partial charge in [0.05, 0.1) is 0 Å². The first-order valence-corrected chi connectivity index (χ1v) is 11.8. The van der Waals surface area contributed by atoms with Crippen LogP contribution in [0.1, 0.15) is 78.1 Å². The first-order valence-electron chi connectivity index (χ1n) is 11.8. The molecule has 2 heterocycles. The second-order valence-corrected chi connectivity index (χ2v) is 8.34. The number of rotatable bonds is 11. The Hall–Kier alpha value is -0.0800. The Kier molecular flexibility index (Phi) is 15.5. The summed E-state index contributed by atoms with van der Waals surface area (Å²) in [6.07, 6.45) is 13.2. The second kappa shape index (κ2) is 16.7. The highest BCUT2D eigenvalue weighted by molar-refractivity contribution is 14.0. The summed E-state index contributed by atoms with van der Waals surface area (Å²) in [6, 6.07) is 0.583. The smallest absolute Gasteiger partial charge is 0.191 e. The van der Waals surface area contributed by atoms with E-state index in [1.54, 1.807) is 0 Å². The molecule has 5 nitrogen and oxygen atoms in total. The summed E-state index contributed by atoms with van der Waals surface area (Å²) in [4.78, 5) is 10.1. The standard InChI is InChI=1S/C22H45N5.HI/c1-3-5-15-27-19-12-21(13-20-27)25-22(23-4-2)24-14-8-6-9-16-26-17-10-7-11-18-26;/h21H,3-20H2,1-2H3,(H2,23,24,25);1H. The van der Waals surface area contributed by atoms with E-state index in [4.69, 9.17) is 4.99 Å². The molecule has 166 valence electrons. The van der Waals surface area contributed by atoms with Crippen molar-refractivity contribution in [3.05, 3.63) is 0 Å². The predicted molar refractivity (Wildman–Crippen MR) is 133 cm³/mol. The number of hydrogen-bond donors (Lipinski definition) is 2. The number of nitrogens with one attached hydrogen (secondary N) is 2. The number of likely N-dealkylation sites (tertiary alicyclic amines) is 2.